The molecule has 1 N–H and O–H groups in total. The lowest BCUT2D eigenvalue weighted by Crippen LogP contribution is -2.11. The Bertz CT molecular complexity index is 413. The van der Waals surface area contributed by atoms with E-state index in [1.807, 2.05) is 17.5 Å². The number of thiophene rings is 1. The van der Waals surface area contributed by atoms with Crippen molar-refractivity contribution in [2.75, 3.05) is 6.54 Å². The fourth-order valence-corrected chi connectivity index (χ4v) is 2.40. The standard InChI is InChI=1S/C10H13N3OS2/c1-2-11-6-9-12-13-10(16-9)14-7-8-4-3-5-15-8/h3-5,11H,2,6-7H2,1H3. The fraction of sp³-hybridized carbons (Fsp3) is 0.400. The topological polar surface area (TPSA) is 47.0 Å². The second-order valence-corrected chi connectivity index (χ2v) is 5.17. The molecule has 2 rings (SSSR count). The lowest BCUT2D eigenvalue weighted by molar-refractivity contribution is 0.305. The molecule has 2 aromatic rings. The monoisotopic (exact) mass is 255 g/mol. The molecule has 0 atom stereocenters. The van der Waals surface area contributed by atoms with Crippen LogP contribution >= 0.6 is 22.7 Å². The highest BCUT2D eigenvalue weighted by molar-refractivity contribution is 7.13. The zero-order valence-electron chi connectivity index (χ0n) is 8.97. The fourth-order valence-electron chi connectivity index (χ4n) is 1.13. The Hall–Kier alpha value is -0.980. The van der Waals surface area contributed by atoms with Gasteiger partial charge in [-0.05, 0) is 18.0 Å². The van der Waals surface area contributed by atoms with Crippen LogP contribution in [0.25, 0.3) is 0 Å². The molecule has 0 aliphatic carbocycles. The Labute approximate surface area is 102 Å². The van der Waals surface area contributed by atoms with E-state index in [9.17, 15) is 0 Å². The van der Waals surface area contributed by atoms with Crippen molar-refractivity contribution in [3.8, 4) is 5.19 Å². The molecule has 0 aliphatic heterocycles. The van der Waals surface area contributed by atoms with Crippen LogP contribution in [0.15, 0.2) is 17.5 Å². The summed E-state index contributed by atoms with van der Waals surface area (Å²) in [6, 6.07) is 4.06. The Balaban J connectivity index is 1.83. The van der Waals surface area contributed by atoms with E-state index in [0.29, 0.717) is 11.8 Å². The molecule has 0 aromatic carbocycles. The Kier molecular flexibility index (Phi) is 4.26. The number of hydrogen-bond acceptors (Lipinski definition) is 6. The number of nitrogens with one attached hydrogen (secondary N) is 1. The summed E-state index contributed by atoms with van der Waals surface area (Å²) in [6.07, 6.45) is 0. The minimum Gasteiger partial charge on any atom is -0.463 e. The van der Waals surface area contributed by atoms with Gasteiger partial charge in [0.05, 0.1) is 0 Å². The van der Waals surface area contributed by atoms with Crippen LogP contribution in [0.4, 0.5) is 0 Å². The zero-order valence-corrected chi connectivity index (χ0v) is 10.6. The summed E-state index contributed by atoms with van der Waals surface area (Å²) < 4.78 is 5.54. The predicted octanol–water partition coefficient (Wildman–Crippen LogP) is 2.29. The summed E-state index contributed by atoms with van der Waals surface area (Å²) in [5.74, 6) is 0. The minimum absolute atomic E-state index is 0.577. The molecule has 0 aliphatic rings. The van der Waals surface area contributed by atoms with E-state index in [0.717, 1.165) is 18.1 Å². The van der Waals surface area contributed by atoms with Crippen LogP contribution in [-0.2, 0) is 13.2 Å². The van der Waals surface area contributed by atoms with Crippen molar-refractivity contribution in [3.63, 3.8) is 0 Å². The van der Waals surface area contributed by atoms with Crippen LogP contribution in [0.3, 0.4) is 0 Å². The van der Waals surface area contributed by atoms with Gasteiger partial charge < -0.3 is 10.1 Å². The van der Waals surface area contributed by atoms with Crippen molar-refractivity contribution in [2.45, 2.75) is 20.1 Å². The zero-order chi connectivity index (χ0) is 11.2. The molecule has 0 saturated carbocycles. The predicted molar refractivity (Wildman–Crippen MR) is 65.9 cm³/mol. The Morgan fingerprint density at radius 3 is 3.12 bits per heavy atom. The lowest BCUT2D eigenvalue weighted by Gasteiger charge is -1.97. The van der Waals surface area contributed by atoms with Crippen molar-refractivity contribution in [1.29, 1.82) is 0 Å². The van der Waals surface area contributed by atoms with Crippen LogP contribution in [0, 0.1) is 0 Å². The summed E-state index contributed by atoms with van der Waals surface area (Å²) in [4.78, 5) is 1.20. The molecule has 4 nitrogen and oxygen atoms in total. The van der Waals surface area contributed by atoms with Gasteiger partial charge in [-0.1, -0.05) is 29.4 Å². The van der Waals surface area contributed by atoms with E-state index in [2.05, 4.69) is 22.4 Å². The van der Waals surface area contributed by atoms with E-state index >= 15 is 0 Å². The number of aromatic nitrogens is 2. The molecule has 86 valence electrons. The molecule has 2 heterocycles. The van der Waals surface area contributed by atoms with Gasteiger partial charge in [0.15, 0.2) is 0 Å². The molecule has 6 heteroatoms. The van der Waals surface area contributed by atoms with Gasteiger partial charge in [-0.3, -0.25) is 0 Å². The van der Waals surface area contributed by atoms with Crippen molar-refractivity contribution < 1.29 is 4.74 Å². The average molecular weight is 255 g/mol. The minimum atomic E-state index is 0.577. The summed E-state index contributed by atoms with van der Waals surface area (Å²) in [5, 5.41) is 14.9. The highest BCUT2D eigenvalue weighted by Gasteiger charge is 2.04. The van der Waals surface area contributed by atoms with Crippen molar-refractivity contribution in [1.82, 2.24) is 15.5 Å². The third-order valence-electron chi connectivity index (χ3n) is 1.89. The summed E-state index contributed by atoms with van der Waals surface area (Å²) in [7, 11) is 0. The van der Waals surface area contributed by atoms with Crippen LogP contribution < -0.4 is 10.1 Å². The smallest absolute Gasteiger partial charge is 0.294 e. The highest BCUT2D eigenvalue weighted by atomic mass is 32.1. The molecular weight excluding hydrogens is 242 g/mol. The van der Waals surface area contributed by atoms with Gasteiger partial charge in [0.2, 0.25) is 0 Å². The second-order valence-electron chi connectivity index (χ2n) is 3.11. The molecule has 0 amide bonds. The Morgan fingerprint density at radius 1 is 1.44 bits per heavy atom. The van der Waals surface area contributed by atoms with Gasteiger partial charge in [-0.25, -0.2) is 0 Å². The van der Waals surface area contributed by atoms with Crippen molar-refractivity contribution >= 4 is 22.7 Å². The first kappa shape index (κ1) is 11.5. The highest BCUT2D eigenvalue weighted by Crippen LogP contribution is 2.20. The van der Waals surface area contributed by atoms with E-state index in [4.69, 9.17) is 4.74 Å². The van der Waals surface area contributed by atoms with E-state index in [1.54, 1.807) is 11.3 Å². The van der Waals surface area contributed by atoms with E-state index in [1.165, 1.54) is 16.2 Å². The summed E-state index contributed by atoms with van der Waals surface area (Å²) in [5.41, 5.74) is 0. The van der Waals surface area contributed by atoms with Gasteiger partial charge in [-0.15, -0.1) is 16.4 Å². The molecule has 2 aromatic heterocycles. The van der Waals surface area contributed by atoms with Gasteiger partial charge >= 0.3 is 0 Å². The van der Waals surface area contributed by atoms with Crippen LogP contribution in [0.1, 0.15) is 16.8 Å². The molecule has 0 unspecified atom stereocenters. The second kappa shape index (κ2) is 5.93. The Morgan fingerprint density at radius 2 is 2.38 bits per heavy atom. The van der Waals surface area contributed by atoms with Crippen LogP contribution in [-0.4, -0.2) is 16.7 Å². The van der Waals surface area contributed by atoms with Gasteiger partial charge in [0, 0.05) is 11.4 Å². The number of ether oxygens (including phenoxy) is 1. The molecule has 0 fully saturated rings. The first-order chi connectivity index (χ1) is 7.88. The lowest BCUT2D eigenvalue weighted by atomic mass is 10.5. The molecule has 16 heavy (non-hydrogen) atoms. The molecule has 0 spiro atoms. The molecule has 0 saturated heterocycles. The third kappa shape index (κ3) is 3.26. The number of rotatable bonds is 6. The maximum atomic E-state index is 5.54. The molecule has 0 radical (unpaired) electrons. The first-order valence-corrected chi connectivity index (χ1v) is 6.76. The largest absolute Gasteiger partial charge is 0.463 e. The van der Waals surface area contributed by atoms with Crippen molar-refractivity contribution in [3.05, 3.63) is 27.4 Å². The first-order valence-electron chi connectivity index (χ1n) is 5.06. The quantitative estimate of drug-likeness (QED) is 0.860. The van der Waals surface area contributed by atoms with E-state index in [-0.39, 0.29) is 0 Å². The normalized spacial score (nSPS) is 10.6. The van der Waals surface area contributed by atoms with Gasteiger partial charge in [0.1, 0.15) is 11.6 Å². The summed E-state index contributed by atoms with van der Waals surface area (Å²) in [6.45, 7) is 4.34. The SMILES string of the molecule is CCNCc1nnc(OCc2cccs2)s1. The number of nitrogens with zero attached hydrogens (tertiary/aromatic N) is 2. The number of hydrogen-bond donors (Lipinski definition) is 1. The maximum Gasteiger partial charge on any atom is 0.294 e. The van der Waals surface area contributed by atoms with Crippen LogP contribution in [0.5, 0.6) is 5.19 Å². The van der Waals surface area contributed by atoms with Gasteiger partial charge in [0.25, 0.3) is 5.19 Å². The van der Waals surface area contributed by atoms with Gasteiger partial charge in [-0.2, -0.15) is 0 Å². The molecule has 0 bridgehead atoms. The summed E-state index contributed by atoms with van der Waals surface area (Å²) >= 11 is 3.17. The van der Waals surface area contributed by atoms with E-state index < -0.39 is 0 Å². The maximum absolute atomic E-state index is 5.54. The van der Waals surface area contributed by atoms with Crippen molar-refractivity contribution in [2.24, 2.45) is 0 Å². The third-order valence-corrected chi connectivity index (χ3v) is 3.58. The van der Waals surface area contributed by atoms with Crippen LogP contribution in [0.2, 0.25) is 0 Å². The molecular formula is C10H13N3OS2. The average Bonchev–Trinajstić information content (AvgIpc) is 2.95.